The summed E-state index contributed by atoms with van der Waals surface area (Å²) in [7, 11) is 0. The van der Waals surface area contributed by atoms with Gasteiger partial charge in [-0.3, -0.25) is 4.90 Å². The molecule has 0 aliphatic carbocycles. The molecule has 0 saturated carbocycles. The first-order chi connectivity index (χ1) is 14.3. The van der Waals surface area contributed by atoms with Gasteiger partial charge in [0, 0.05) is 12.6 Å². The molecular formula is C26H30N2O. The van der Waals surface area contributed by atoms with Gasteiger partial charge in [0.1, 0.15) is 0 Å². The molecule has 0 amide bonds. The highest BCUT2D eigenvalue weighted by Gasteiger charge is 2.27. The lowest BCUT2D eigenvalue weighted by Gasteiger charge is -2.36. The Morgan fingerprint density at radius 3 is 1.86 bits per heavy atom. The molecule has 0 radical (unpaired) electrons. The number of hydrogen-bond acceptors (Lipinski definition) is 3. The van der Waals surface area contributed by atoms with Crippen molar-refractivity contribution >= 4 is 0 Å². The van der Waals surface area contributed by atoms with Gasteiger partial charge in [-0.2, -0.15) is 0 Å². The van der Waals surface area contributed by atoms with E-state index in [1.807, 2.05) is 48.5 Å². The standard InChI is InChI=1S/C26H30N2O/c29-26(23-14-8-3-9-15-23)25(22-12-6-2-7-13-22)27-24-16-18-28(19-17-24)20-21-10-4-1-5-11-21/h1-15,24-27,29H,16-20H2. The summed E-state index contributed by atoms with van der Waals surface area (Å²) in [4.78, 5) is 2.53. The van der Waals surface area contributed by atoms with Gasteiger partial charge < -0.3 is 10.4 Å². The maximum atomic E-state index is 11.1. The molecule has 29 heavy (non-hydrogen) atoms. The number of aliphatic hydroxyl groups is 1. The van der Waals surface area contributed by atoms with Crippen LogP contribution in [0.5, 0.6) is 0 Å². The van der Waals surface area contributed by atoms with Gasteiger partial charge >= 0.3 is 0 Å². The molecule has 2 N–H and O–H groups in total. The van der Waals surface area contributed by atoms with E-state index in [2.05, 4.69) is 52.7 Å². The van der Waals surface area contributed by atoms with Crippen LogP contribution >= 0.6 is 0 Å². The lowest BCUT2D eigenvalue weighted by molar-refractivity contribution is 0.107. The van der Waals surface area contributed by atoms with E-state index in [1.54, 1.807) is 0 Å². The molecule has 150 valence electrons. The molecule has 3 aromatic carbocycles. The fourth-order valence-corrected chi connectivity index (χ4v) is 4.23. The highest BCUT2D eigenvalue weighted by molar-refractivity contribution is 5.26. The van der Waals surface area contributed by atoms with Gasteiger partial charge in [0.05, 0.1) is 12.1 Å². The number of aliphatic hydroxyl groups excluding tert-OH is 1. The Balaban J connectivity index is 1.41. The van der Waals surface area contributed by atoms with E-state index in [-0.39, 0.29) is 6.04 Å². The molecule has 2 unspecified atom stereocenters. The Kier molecular flexibility index (Phi) is 6.73. The Bertz CT molecular complexity index is 846. The van der Waals surface area contributed by atoms with Crippen molar-refractivity contribution in [3.63, 3.8) is 0 Å². The average molecular weight is 387 g/mol. The quantitative estimate of drug-likeness (QED) is 0.617. The van der Waals surface area contributed by atoms with Gasteiger partial charge in [0.2, 0.25) is 0 Å². The van der Waals surface area contributed by atoms with Crippen LogP contribution in [-0.4, -0.2) is 29.1 Å². The van der Waals surface area contributed by atoms with Crippen LogP contribution in [0.1, 0.15) is 41.7 Å². The molecule has 1 fully saturated rings. The van der Waals surface area contributed by atoms with Crippen LogP contribution in [0.2, 0.25) is 0 Å². The van der Waals surface area contributed by atoms with E-state index >= 15 is 0 Å². The summed E-state index contributed by atoms with van der Waals surface area (Å²) in [5.41, 5.74) is 3.46. The first-order valence-corrected chi connectivity index (χ1v) is 10.6. The van der Waals surface area contributed by atoms with Crippen molar-refractivity contribution in [2.45, 2.75) is 37.6 Å². The second-order valence-electron chi connectivity index (χ2n) is 7.95. The summed E-state index contributed by atoms with van der Waals surface area (Å²) in [5.74, 6) is 0. The molecule has 3 nitrogen and oxygen atoms in total. The summed E-state index contributed by atoms with van der Waals surface area (Å²) < 4.78 is 0. The van der Waals surface area contributed by atoms with E-state index < -0.39 is 6.10 Å². The lowest BCUT2D eigenvalue weighted by atomic mass is 9.93. The molecule has 0 aromatic heterocycles. The van der Waals surface area contributed by atoms with E-state index in [0.29, 0.717) is 6.04 Å². The Morgan fingerprint density at radius 2 is 1.28 bits per heavy atom. The van der Waals surface area contributed by atoms with Crippen molar-refractivity contribution in [1.29, 1.82) is 0 Å². The van der Waals surface area contributed by atoms with E-state index in [1.165, 1.54) is 5.56 Å². The van der Waals surface area contributed by atoms with Crippen molar-refractivity contribution in [2.75, 3.05) is 13.1 Å². The molecule has 1 saturated heterocycles. The minimum atomic E-state index is -0.569. The summed E-state index contributed by atoms with van der Waals surface area (Å²) in [5, 5.41) is 14.9. The first-order valence-electron chi connectivity index (χ1n) is 10.6. The summed E-state index contributed by atoms with van der Waals surface area (Å²) in [6.45, 7) is 3.17. The van der Waals surface area contributed by atoms with E-state index in [0.717, 1.165) is 43.6 Å². The minimum Gasteiger partial charge on any atom is -0.386 e. The average Bonchev–Trinajstić information content (AvgIpc) is 2.80. The molecule has 2 atom stereocenters. The van der Waals surface area contributed by atoms with Crippen molar-refractivity contribution < 1.29 is 5.11 Å². The third kappa shape index (κ3) is 5.33. The van der Waals surface area contributed by atoms with Gasteiger partial charge in [0.15, 0.2) is 0 Å². The first kappa shape index (κ1) is 19.8. The van der Waals surface area contributed by atoms with Crippen LogP contribution in [0.4, 0.5) is 0 Å². The monoisotopic (exact) mass is 386 g/mol. The van der Waals surface area contributed by atoms with Crippen LogP contribution in [0.15, 0.2) is 91.0 Å². The predicted molar refractivity (Wildman–Crippen MR) is 118 cm³/mol. The molecular weight excluding hydrogens is 356 g/mol. The summed E-state index contributed by atoms with van der Waals surface area (Å²) in [6, 6.07) is 31.3. The van der Waals surface area contributed by atoms with Gasteiger partial charge in [-0.05, 0) is 42.6 Å². The third-order valence-electron chi connectivity index (χ3n) is 5.87. The molecule has 1 aliphatic rings. The number of benzene rings is 3. The van der Waals surface area contributed by atoms with Crippen LogP contribution in [0.25, 0.3) is 0 Å². The molecule has 1 heterocycles. The Hall–Kier alpha value is -2.46. The second-order valence-corrected chi connectivity index (χ2v) is 7.95. The maximum Gasteiger partial charge on any atom is 0.0984 e. The van der Waals surface area contributed by atoms with Gasteiger partial charge in [-0.25, -0.2) is 0 Å². The second kappa shape index (κ2) is 9.84. The van der Waals surface area contributed by atoms with Gasteiger partial charge in [0.25, 0.3) is 0 Å². The Morgan fingerprint density at radius 1 is 0.759 bits per heavy atom. The normalized spacial score (nSPS) is 17.7. The number of piperidine rings is 1. The number of nitrogens with one attached hydrogen (secondary N) is 1. The number of rotatable bonds is 7. The fraction of sp³-hybridized carbons (Fsp3) is 0.308. The molecule has 3 heteroatoms. The number of nitrogens with zero attached hydrogens (tertiary/aromatic N) is 1. The van der Waals surface area contributed by atoms with E-state index in [9.17, 15) is 5.11 Å². The van der Waals surface area contributed by atoms with Crippen LogP contribution in [-0.2, 0) is 6.54 Å². The van der Waals surface area contributed by atoms with E-state index in [4.69, 9.17) is 0 Å². The third-order valence-corrected chi connectivity index (χ3v) is 5.87. The fourth-order valence-electron chi connectivity index (χ4n) is 4.23. The van der Waals surface area contributed by atoms with Crippen LogP contribution < -0.4 is 5.32 Å². The van der Waals surface area contributed by atoms with Gasteiger partial charge in [-0.15, -0.1) is 0 Å². The molecule has 3 aromatic rings. The maximum absolute atomic E-state index is 11.1. The number of hydrogen-bond donors (Lipinski definition) is 2. The predicted octanol–water partition coefficient (Wildman–Crippen LogP) is 4.72. The highest BCUT2D eigenvalue weighted by Crippen LogP contribution is 2.30. The summed E-state index contributed by atoms with van der Waals surface area (Å²) >= 11 is 0. The number of likely N-dealkylation sites (tertiary alicyclic amines) is 1. The van der Waals surface area contributed by atoms with Crippen molar-refractivity contribution in [3.8, 4) is 0 Å². The zero-order valence-corrected chi connectivity index (χ0v) is 16.8. The van der Waals surface area contributed by atoms with Crippen molar-refractivity contribution in [3.05, 3.63) is 108 Å². The highest BCUT2D eigenvalue weighted by atomic mass is 16.3. The zero-order valence-electron chi connectivity index (χ0n) is 16.8. The molecule has 1 aliphatic heterocycles. The smallest absolute Gasteiger partial charge is 0.0984 e. The topological polar surface area (TPSA) is 35.5 Å². The lowest BCUT2D eigenvalue weighted by Crippen LogP contribution is -2.44. The zero-order chi connectivity index (χ0) is 19.9. The summed E-state index contributed by atoms with van der Waals surface area (Å²) in [6.07, 6.45) is 1.62. The minimum absolute atomic E-state index is 0.107. The molecule has 4 rings (SSSR count). The molecule has 0 bridgehead atoms. The van der Waals surface area contributed by atoms with Crippen LogP contribution in [0, 0.1) is 0 Å². The molecule has 0 spiro atoms. The van der Waals surface area contributed by atoms with Gasteiger partial charge in [-0.1, -0.05) is 91.0 Å². The largest absolute Gasteiger partial charge is 0.386 e. The Labute approximate surface area is 174 Å². The van der Waals surface area contributed by atoms with Crippen LogP contribution in [0.3, 0.4) is 0 Å². The SMILES string of the molecule is OC(c1ccccc1)C(NC1CCN(Cc2ccccc2)CC1)c1ccccc1. The van der Waals surface area contributed by atoms with Crippen molar-refractivity contribution in [1.82, 2.24) is 10.2 Å². The van der Waals surface area contributed by atoms with Crippen molar-refractivity contribution in [2.24, 2.45) is 0 Å².